The number of aliphatic carboxylic acids is 1. The maximum Gasteiger partial charge on any atom is 0.469 e. The lowest BCUT2D eigenvalue weighted by Crippen LogP contribution is -2.12. The SMILES string of the molecule is Cc1ncc(COP(=O)(O)O)c(C=N[C@H]2C[C@@H](C(=O)O)C[C@@H]2F)c1O. The highest BCUT2D eigenvalue weighted by molar-refractivity contribution is 7.46. The predicted molar refractivity (Wildman–Crippen MR) is 84.1 cm³/mol. The number of nitrogens with zero attached hydrogens (tertiary/aromatic N) is 2. The quantitative estimate of drug-likeness (QED) is 0.429. The summed E-state index contributed by atoms with van der Waals surface area (Å²) in [6.45, 7) is 0.974. The number of hydrogen-bond donors (Lipinski definition) is 4. The van der Waals surface area contributed by atoms with Crippen LogP contribution in [0.3, 0.4) is 0 Å². The first-order valence-corrected chi connectivity index (χ1v) is 8.89. The van der Waals surface area contributed by atoms with Gasteiger partial charge in [0.1, 0.15) is 11.9 Å². The summed E-state index contributed by atoms with van der Waals surface area (Å²) in [5.41, 5.74) is 0.485. The summed E-state index contributed by atoms with van der Waals surface area (Å²) >= 11 is 0. The molecule has 0 unspecified atom stereocenters. The molecule has 0 saturated heterocycles. The fraction of sp³-hybridized carbons (Fsp3) is 0.500. The zero-order valence-electron chi connectivity index (χ0n) is 13.2. The third-order valence-electron chi connectivity index (χ3n) is 3.94. The molecule has 2 rings (SSSR count). The number of aromatic hydroxyl groups is 1. The minimum absolute atomic E-state index is 0.0339. The molecule has 25 heavy (non-hydrogen) atoms. The molecule has 0 amide bonds. The van der Waals surface area contributed by atoms with E-state index < -0.39 is 38.5 Å². The maximum absolute atomic E-state index is 13.9. The van der Waals surface area contributed by atoms with Gasteiger partial charge in [0, 0.05) is 23.5 Å². The van der Waals surface area contributed by atoms with E-state index in [0.29, 0.717) is 0 Å². The Morgan fingerprint density at radius 2 is 2.20 bits per heavy atom. The second-order valence-corrected chi connectivity index (χ2v) is 7.00. The number of phosphoric ester groups is 1. The van der Waals surface area contributed by atoms with Crippen molar-refractivity contribution in [3.05, 3.63) is 23.0 Å². The molecule has 1 fully saturated rings. The fourth-order valence-corrected chi connectivity index (χ4v) is 2.86. The molecule has 1 aliphatic rings. The van der Waals surface area contributed by atoms with Crippen LogP contribution in [0.4, 0.5) is 4.39 Å². The minimum atomic E-state index is -4.73. The number of aliphatic imine (C=N–C) groups is 1. The van der Waals surface area contributed by atoms with E-state index in [9.17, 15) is 18.9 Å². The van der Waals surface area contributed by atoms with Crippen LogP contribution in [-0.4, -0.2) is 49.4 Å². The molecule has 1 heterocycles. The Kier molecular flexibility index (Phi) is 5.89. The Morgan fingerprint density at radius 3 is 2.76 bits per heavy atom. The molecule has 1 saturated carbocycles. The topological polar surface area (TPSA) is 150 Å². The van der Waals surface area contributed by atoms with Gasteiger partial charge < -0.3 is 20.0 Å². The summed E-state index contributed by atoms with van der Waals surface area (Å²) in [5, 5.41) is 19.0. The summed E-state index contributed by atoms with van der Waals surface area (Å²) in [5.74, 6) is -2.18. The van der Waals surface area contributed by atoms with E-state index in [1.807, 2.05) is 0 Å². The van der Waals surface area contributed by atoms with Gasteiger partial charge in [-0.15, -0.1) is 0 Å². The van der Waals surface area contributed by atoms with Gasteiger partial charge in [0.2, 0.25) is 0 Å². The number of pyridine rings is 1. The van der Waals surface area contributed by atoms with Gasteiger partial charge in [0.05, 0.1) is 24.3 Å². The second-order valence-electron chi connectivity index (χ2n) is 5.76. The Labute approximate surface area is 142 Å². The van der Waals surface area contributed by atoms with E-state index >= 15 is 0 Å². The van der Waals surface area contributed by atoms with Crippen LogP contribution in [0.25, 0.3) is 0 Å². The lowest BCUT2D eigenvalue weighted by atomic mass is 10.1. The van der Waals surface area contributed by atoms with Crippen molar-refractivity contribution in [3.8, 4) is 5.75 Å². The van der Waals surface area contributed by atoms with Crippen molar-refractivity contribution in [2.75, 3.05) is 0 Å². The number of halogens is 1. The van der Waals surface area contributed by atoms with E-state index in [1.165, 1.54) is 13.1 Å². The molecule has 11 heteroatoms. The van der Waals surface area contributed by atoms with Gasteiger partial charge in [-0.2, -0.15) is 0 Å². The standard InChI is InChI=1S/C14H18FN2O7P/c1-7-13(18)10(9(4-16-7)6-24-25(21,22)23)5-17-12-3-8(14(19)20)2-11(12)15/h4-5,8,11-12,18H,2-3,6H2,1H3,(H,19,20)(H2,21,22,23)/t8-,11-,12-/m0/s1. The molecule has 1 aliphatic carbocycles. The van der Waals surface area contributed by atoms with E-state index in [4.69, 9.17) is 14.9 Å². The van der Waals surface area contributed by atoms with Gasteiger partial charge in [0.15, 0.2) is 0 Å². The Hall–Kier alpha value is -1.87. The van der Waals surface area contributed by atoms with Crippen molar-refractivity contribution in [2.45, 2.75) is 38.6 Å². The number of carboxylic acids is 1. The van der Waals surface area contributed by atoms with E-state index in [-0.39, 0.29) is 35.4 Å². The predicted octanol–water partition coefficient (Wildman–Crippen LogP) is 1.33. The number of carboxylic acid groups (broad SMARTS) is 1. The van der Waals surface area contributed by atoms with Gasteiger partial charge in [-0.1, -0.05) is 0 Å². The first-order valence-electron chi connectivity index (χ1n) is 7.36. The van der Waals surface area contributed by atoms with Crippen LogP contribution in [0.1, 0.15) is 29.7 Å². The number of phosphoric acid groups is 1. The van der Waals surface area contributed by atoms with Crippen molar-refractivity contribution in [3.63, 3.8) is 0 Å². The Balaban J connectivity index is 2.24. The van der Waals surface area contributed by atoms with Gasteiger partial charge in [-0.05, 0) is 19.8 Å². The summed E-state index contributed by atoms with van der Waals surface area (Å²) in [4.78, 5) is 36.4. The number of aromatic nitrogens is 1. The van der Waals surface area contributed by atoms with E-state index in [0.717, 1.165) is 6.21 Å². The normalized spacial score (nSPS) is 24.1. The van der Waals surface area contributed by atoms with Crippen molar-refractivity contribution >= 4 is 20.0 Å². The molecule has 138 valence electrons. The summed E-state index contributed by atoms with van der Waals surface area (Å²) in [6.07, 6.45) is 0.897. The van der Waals surface area contributed by atoms with E-state index in [1.54, 1.807) is 0 Å². The monoisotopic (exact) mass is 376 g/mol. The Morgan fingerprint density at radius 1 is 1.52 bits per heavy atom. The van der Waals surface area contributed by atoms with Crippen LogP contribution in [-0.2, 0) is 20.5 Å². The first-order chi connectivity index (χ1) is 11.6. The summed E-state index contributed by atoms with van der Waals surface area (Å²) in [6, 6.07) is -0.871. The van der Waals surface area contributed by atoms with Crippen molar-refractivity contribution in [1.82, 2.24) is 4.98 Å². The Bertz CT molecular complexity index is 736. The lowest BCUT2D eigenvalue weighted by Gasteiger charge is -2.12. The molecule has 1 aromatic heterocycles. The summed E-state index contributed by atoms with van der Waals surface area (Å²) in [7, 11) is -4.73. The molecule has 9 nitrogen and oxygen atoms in total. The molecule has 1 aromatic rings. The van der Waals surface area contributed by atoms with Gasteiger partial charge >= 0.3 is 13.8 Å². The molecule has 3 atom stereocenters. The first kappa shape index (κ1) is 19.5. The zero-order chi connectivity index (χ0) is 18.8. The minimum Gasteiger partial charge on any atom is -0.505 e. The van der Waals surface area contributed by atoms with Crippen LogP contribution < -0.4 is 0 Å². The average molecular weight is 376 g/mol. The fourth-order valence-electron chi connectivity index (χ4n) is 2.56. The third kappa shape index (κ3) is 5.05. The van der Waals surface area contributed by atoms with Gasteiger partial charge in [-0.3, -0.25) is 19.3 Å². The van der Waals surface area contributed by atoms with Gasteiger partial charge in [0.25, 0.3) is 0 Å². The largest absolute Gasteiger partial charge is 0.505 e. The van der Waals surface area contributed by atoms with Crippen molar-refractivity contribution in [1.29, 1.82) is 0 Å². The van der Waals surface area contributed by atoms with Crippen LogP contribution >= 0.6 is 7.82 Å². The van der Waals surface area contributed by atoms with E-state index in [2.05, 4.69) is 14.5 Å². The number of rotatable bonds is 6. The lowest BCUT2D eigenvalue weighted by molar-refractivity contribution is -0.141. The van der Waals surface area contributed by atoms with Crippen LogP contribution in [0.2, 0.25) is 0 Å². The second kappa shape index (κ2) is 7.57. The number of aryl methyl sites for hydroxylation is 1. The van der Waals surface area contributed by atoms with Crippen molar-refractivity contribution in [2.24, 2.45) is 10.9 Å². The molecule has 0 spiro atoms. The van der Waals surface area contributed by atoms with Crippen LogP contribution in [0.15, 0.2) is 11.2 Å². The summed E-state index contributed by atoms with van der Waals surface area (Å²) < 4.78 is 29.1. The number of alkyl halides is 1. The molecular formula is C14H18FN2O7P. The molecule has 0 bridgehead atoms. The number of carbonyl (C=O) groups is 1. The van der Waals surface area contributed by atoms with Gasteiger partial charge in [-0.25, -0.2) is 8.96 Å². The molecule has 0 aliphatic heterocycles. The third-order valence-corrected chi connectivity index (χ3v) is 4.41. The molecule has 0 radical (unpaired) electrons. The highest BCUT2D eigenvalue weighted by atomic mass is 31.2. The molecular weight excluding hydrogens is 358 g/mol. The zero-order valence-corrected chi connectivity index (χ0v) is 14.1. The number of hydrogen-bond acceptors (Lipinski definition) is 6. The van der Waals surface area contributed by atoms with Crippen LogP contribution in [0.5, 0.6) is 5.75 Å². The highest BCUT2D eigenvalue weighted by Gasteiger charge is 2.37. The van der Waals surface area contributed by atoms with Crippen molar-refractivity contribution < 1.29 is 38.3 Å². The highest BCUT2D eigenvalue weighted by Crippen LogP contribution is 2.38. The maximum atomic E-state index is 13.9. The molecule has 0 aromatic carbocycles. The molecule has 4 N–H and O–H groups in total. The van der Waals surface area contributed by atoms with Crippen LogP contribution in [0, 0.1) is 12.8 Å². The average Bonchev–Trinajstić information content (AvgIpc) is 2.88. The smallest absolute Gasteiger partial charge is 0.469 e.